The minimum absolute atomic E-state index is 0.126. The largest absolute Gasteiger partial charge is 0.274 e. The van der Waals surface area contributed by atoms with Crippen molar-refractivity contribution in [2.24, 2.45) is 17.8 Å². The Morgan fingerprint density at radius 2 is 1.80 bits per heavy atom. The highest BCUT2D eigenvalue weighted by Crippen LogP contribution is 2.45. The number of fused-ring (bicyclic) bond motifs is 1. The average molecular weight is 268 g/mol. The molecule has 4 nitrogen and oxygen atoms in total. The predicted octanol–water partition coefficient (Wildman–Crippen LogP) is 2.48. The van der Waals surface area contributed by atoms with Crippen LogP contribution in [-0.2, 0) is 9.59 Å². The highest BCUT2D eigenvalue weighted by Gasteiger charge is 2.53. The van der Waals surface area contributed by atoms with Gasteiger partial charge in [0.05, 0.1) is 23.1 Å². The monoisotopic (exact) mass is 268 g/mol. The van der Waals surface area contributed by atoms with Crippen molar-refractivity contribution in [2.75, 3.05) is 4.90 Å². The first-order valence-electron chi connectivity index (χ1n) is 7.04. The maximum atomic E-state index is 12.5. The van der Waals surface area contributed by atoms with Crippen molar-refractivity contribution < 1.29 is 9.59 Å². The molecule has 3 rings (SSSR count). The van der Waals surface area contributed by atoms with E-state index in [-0.39, 0.29) is 23.7 Å². The van der Waals surface area contributed by atoms with Gasteiger partial charge in [0, 0.05) is 0 Å². The number of benzene rings is 1. The molecule has 1 aliphatic heterocycles. The van der Waals surface area contributed by atoms with E-state index in [0.717, 1.165) is 19.3 Å². The molecule has 1 aromatic carbocycles. The van der Waals surface area contributed by atoms with Gasteiger partial charge < -0.3 is 0 Å². The number of anilines is 1. The van der Waals surface area contributed by atoms with E-state index in [1.807, 2.05) is 0 Å². The molecule has 1 saturated carbocycles. The van der Waals surface area contributed by atoms with Crippen LogP contribution in [0.25, 0.3) is 0 Å². The lowest BCUT2D eigenvalue weighted by atomic mass is 10.00. The fourth-order valence-corrected chi connectivity index (χ4v) is 3.46. The number of nitrogens with zero attached hydrogens (tertiary/aromatic N) is 2. The number of para-hydroxylation sites is 1. The minimum Gasteiger partial charge on any atom is -0.274 e. The van der Waals surface area contributed by atoms with Crippen molar-refractivity contribution in [1.82, 2.24) is 0 Å². The molecule has 2 unspecified atom stereocenters. The highest BCUT2D eigenvalue weighted by molar-refractivity contribution is 6.22. The van der Waals surface area contributed by atoms with Crippen molar-refractivity contribution in [3.63, 3.8) is 0 Å². The Bertz CT molecular complexity index is 593. The van der Waals surface area contributed by atoms with Gasteiger partial charge in [-0.25, -0.2) is 4.90 Å². The van der Waals surface area contributed by atoms with Gasteiger partial charge in [0.2, 0.25) is 11.8 Å². The molecule has 2 fully saturated rings. The predicted molar refractivity (Wildman–Crippen MR) is 73.6 cm³/mol. The Hall–Kier alpha value is -2.15. The van der Waals surface area contributed by atoms with Crippen molar-refractivity contribution in [3.8, 4) is 6.07 Å². The molecule has 1 heterocycles. The van der Waals surface area contributed by atoms with Crippen LogP contribution in [0.15, 0.2) is 24.3 Å². The van der Waals surface area contributed by atoms with Crippen LogP contribution in [0.4, 0.5) is 5.69 Å². The highest BCUT2D eigenvalue weighted by atomic mass is 16.2. The molecule has 1 saturated heterocycles. The minimum atomic E-state index is -0.181. The molecule has 1 aliphatic carbocycles. The number of hydrogen-bond acceptors (Lipinski definition) is 3. The van der Waals surface area contributed by atoms with E-state index in [1.54, 1.807) is 24.3 Å². The van der Waals surface area contributed by atoms with Gasteiger partial charge >= 0.3 is 0 Å². The van der Waals surface area contributed by atoms with Crippen LogP contribution >= 0.6 is 0 Å². The van der Waals surface area contributed by atoms with Gasteiger partial charge in [-0.15, -0.1) is 0 Å². The van der Waals surface area contributed by atoms with Crippen molar-refractivity contribution >= 4 is 17.5 Å². The molecule has 4 heteroatoms. The molecule has 0 bridgehead atoms. The summed E-state index contributed by atoms with van der Waals surface area (Å²) in [5, 5.41) is 9.14. The molecular weight excluding hydrogens is 252 g/mol. The summed E-state index contributed by atoms with van der Waals surface area (Å²) in [6.45, 7) is 2.10. The zero-order valence-electron chi connectivity index (χ0n) is 11.4. The van der Waals surface area contributed by atoms with Crippen LogP contribution in [-0.4, -0.2) is 11.8 Å². The van der Waals surface area contributed by atoms with Crippen LogP contribution < -0.4 is 4.90 Å². The number of carbonyl (C=O) groups is 2. The van der Waals surface area contributed by atoms with Gasteiger partial charge in [0.1, 0.15) is 6.07 Å². The maximum absolute atomic E-state index is 12.5. The first kappa shape index (κ1) is 12.9. The molecule has 0 N–H and O–H groups in total. The molecule has 1 aromatic rings. The van der Waals surface area contributed by atoms with E-state index >= 15 is 0 Å². The lowest BCUT2D eigenvalue weighted by Gasteiger charge is -2.18. The van der Waals surface area contributed by atoms with Gasteiger partial charge in [0.15, 0.2) is 0 Å². The van der Waals surface area contributed by atoms with Crippen molar-refractivity contribution in [1.29, 1.82) is 5.26 Å². The standard InChI is InChI=1S/C16H16N2O2/c1-2-10-7-12-13(8-10)16(20)18(15(12)19)14-6-4-3-5-11(14)9-17/h3-6,10,12-13H,2,7-8H2,1H3. The van der Waals surface area contributed by atoms with Gasteiger partial charge in [-0.2, -0.15) is 5.26 Å². The normalized spacial score (nSPS) is 28.6. The third kappa shape index (κ3) is 1.74. The summed E-state index contributed by atoms with van der Waals surface area (Å²) in [6.07, 6.45) is 2.62. The number of rotatable bonds is 2. The smallest absolute Gasteiger partial charge is 0.237 e. The summed E-state index contributed by atoms with van der Waals surface area (Å²) in [6, 6.07) is 8.85. The molecule has 2 aliphatic rings. The fraction of sp³-hybridized carbons (Fsp3) is 0.438. The Balaban J connectivity index is 1.96. The number of nitriles is 1. The van der Waals surface area contributed by atoms with E-state index < -0.39 is 0 Å². The Labute approximate surface area is 118 Å². The van der Waals surface area contributed by atoms with Gasteiger partial charge in [0.25, 0.3) is 0 Å². The molecule has 0 spiro atoms. The molecule has 20 heavy (non-hydrogen) atoms. The summed E-state index contributed by atoms with van der Waals surface area (Å²) in [4.78, 5) is 26.3. The number of imide groups is 1. The quantitative estimate of drug-likeness (QED) is 0.774. The topological polar surface area (TPSA) is 61.2 Å². The Kier molecular flexibility index (Phi) is 3.06. The second-order valence-corrected chi connectivity index (χ2v) is 5.60. The second kappa shape index (κ2) is 4.75. The zero-order chi connectivity index (χ0) is 14.3. The summed E-state index contributed by atoms with van der Waals surface area (Å²) < 4.78 is 0. The van der Waals surface area contributed by atoms with Crippen molar-refractivity contribution in [3.05, 3.63) is 29.8 Å². The number of amides is 2. The second-order valence-electron chi connectivity index (χ2n) is 5.60. The van der Waals surface area contributed by atoms with Gasteiger partial charge in [-0.05, 0) is 30.9 Å². The first-order valence-corrected chi connectivity index (χ1v) is 7.04. The molecular formula is C16H16N2O2. The molecule has 2 amide bonds. The van der Waals surface area contributed by atoms with E-state index in [2.05, 4.69) is 13.0 Å². The Morgan fingerprint density at radius 3 is 2.35 bits per heavy atom. The molecule has 0 radical (unpaired) electrons. The van der Waals surface area contributed by atoms with Gasteiger partial charge in [-0.1, -0.05) is 25.5 Å². The van der Waals surface area contributed by atoms with E-state index in [4.69, 9.17) is 5.26 Å². The summed E-state index contributed by atoms with van der Waals surface area (Å²) >= 11 is 0. The number of carbonyl (C=O) groups excluding carboxylic acids is 2. The van der Waals surface area contributed by atoms with Crippen LogP contribution in [0.1, 0.15) is 31.7 Å². The maximum Gasteiger partial charge on any atom is 0.237 e. The van der Waals surface area contributed by atoms with Gasteiger partial charge in [-0.3, -0.25) is 9.59 Å². The lowest BCUT2D eigenvalue weighted by Crippen LogP contribution is -2.32. The van der Waals surface area contributed by atoms with Crippen LogP contribution in [0.3, 0.4) is 0 Å². The molecule has 0 aromatic heterocycles. The molecule has 102 valence electrons. The summed E-state index contributed by atoms with van der Waals surface area (Å²) in [7, 11) is 0. The van der Waals surface area contributed by atoms with E-state index in [1.165, 1.54) is 4.90 Å². The summed E-state index contributed by atoms with van der Waals surface area (Å²) in [5.41, 5.74) is 0.814. The van der Waals surface area contributed by atoms with E-state index in [0.29, 0.717) is 17.2 Å². The number of hydrogen-bond donors (Lipinski definition) is 0. The Morgan fingerprint density at radius 1 is 1.20 bits per heavy atom. The molecule has 2 atom stereocenters. The van der Waals surface area contributed by atoms with Crippen LogP contribution in [0, 0.1) is 29.1 Å². The van der Waals surface area contributed by atoms with Crippen LogP contribution in [0.2, 0.25) is 0 Å². The van der Waals surface area contributed by atoms with Crippen LogP contribution in [0.5, 0.6) is 0 Å². The third-order valence-corrected chi connectivity index (χ3v) is 4.58. The fourth-order valence-electron chi connectivity index (χ4n) is 3.46. The third-order valence-electron chi connectivity index (χ3n) is 4.58. The zero-order valence-corrected chi connectivity index (χ0v) is 11.4. The summed E-state index contributed by atoms with van der Waals surface area (Å²) in [5.74, 6) is -0.137. The average Bonchev–Trinajstić information content (AvgIpc) is 3.00. The van der Waals surface area contributed by atoms with Crippen molar-refractivity contribution in [2.45, 2.75) is 26.2 Å². The van der Waals surface area contributed by atoms with E-state index in [9.17, 15) is 9.59 Å². The first-order chi connectivity index (χ1) is 9.67. The lowest BCUT2D eigenvalue weighted by molar-refractivity contribution is -0.123. The SMILES string of the molecule is CCC1CC2C(=O)N(c3ccccc3C#N)C(=O)C2C1.